The molecule has 1 heterocycles. The molecule has 12 atom stereocenters. The molecular weight excluding hydrogens is 1090 g/mol. The number of aliphatic hydroxyl groups is 1. The molecule has 5 N–H and O–H groups in total. The smallest absolute Gasteiger partial charge is 0.246 e. The van der Waals surface area contributed by atoms with Crippen LogP contribution >= 0.6 is 0 Å². The van der Waals surface area contributed by atoms with Gasteiger partial charge in [0.1, 0.15) is 60.4 Å². The van der Waals surface area contributed by atoms with Crippen molar-refractivity contribution in [1.82, 2.24) is 55.6 Å². The Kier molecular flexibility index (Phi) is 31.5. The van der Waals surface area contributed by atoms with E-state index in [4.69, 9.17) is 0 Å². The highest BCUT2D eigenvalue weighted by atomic mass is 16.3. The molecule has 0 bridgehead atoms. The first-order valence-electron chi connectivity index (χ1n) is 30.6. The highest BCUT2D eigenvalue weighted by Crippen LogP contribution is 2.26. The predicted molar refractivity (Wildman–Crippen MR) is 328 cm³/mol. The molecule has 0 aliphatic carbocycles. The van der Waals surface area contributed by atoms with Gasteiger partial charge in [0.15, 0.2) is 0 Å². The van der Waals surface area contributed by atoms with Gasteiger partial charge >= 0.3 is 0 Å². The minimum atomic E-state index is -1.61. The van der Waals surface area contributed by atoms with E-state index in [-0.39, 0.29) is 55.8 Å². The van der Waals surface area contributed by atoms with Crippen molar-refractivity contribution in [3.63, 3.8) is 0 Å². The molecule has 85 heavy (non-hydrogen) atoms. The fraction of sp³-hybridized carbons (Fsp3) is 0.790. The van der Waals surface area contributed by atoms with Crippen LogP contribution in [0.4, 0.5) is 0 Å². The minimum absolute atomic E-state index is 0.0229. The van der Waals surface area contributed by atoms with Crippen LogP contribution in [0.5, 0.6) is 0 Å². The highest BCUT2D eigenvalue weighted by Gasteiger charge is 2.45. The van der Waals surface area contributed by atoms with E-state index in [0.29, 0.717) is 6.42 Å². The maximum Gasteiger partial charge on any atom is 0.246 e. The topological polar surface area (TPSA) is 279 Å². The molecule has 23 heteroatoms. The number of carbonyl (C=O) groups is 11. The molecule has 0 unspecified atom stereocenters. The zero-order valence-electron chi connectivity index (χ0n) is 56.1. The third-order valence-corrected chi connectivity index (χ3v) is 16.1. The largest absolute Gasteiger partial charge is 0.390 e. The fourth-order valence-corrected chi connectivity index (χ4v) is 10.7. The molecule has 0 saturated carbocycles. The molecule has 0 aromatic carbocycles. The summed E-state index contributed by atoms with van der Waals surface area (Å²) in [7, 11) is 9.92. The Balaban J connectivity index is 4.32. The van der Waals surface area contributed by atoms with E-state index in [2.05, 4.69) is 21.3 Å². The average molecular weight is 1200 g/mol. The van der Waals surface area contributed by atoms with E-state index < -0.39 is 156 Å². The zero-order valence-corrected chi connectivity index (χ0v) is 56.1. The molecule has 0 aromatic rings. The van der Waals surface area contributed by atoms with Crippen molar-refractivity contribution in [2.75, 3.05) is 55.9 Å². The predicted octanol–water partition coefficient (Wildman–Crippen LogP) is 3.27. The first kappa shape index (κ1) is 76.9. The maximum atomic E-state index is 15.1. The lowest BCUT2D eigenvalue weighted by Gasteiger charge is -2.41. The van der Waals surface area contributed by atoms with Crippen molar-refractivity contribution >= 4 is 65.0 Å². The molecule has 11 amide bonds. The van der Waals surface area contributed by atoms with Gasteiger partial charge in [-0.3, -0.25) is 52.7 Å². The molecule has 1 aliphatic rings. The van der Waals surface area contributed by atoms with Gasteiger partial charge in [0.25, 0.3) is 0 Å². The van der Waals surface area contributed by atoms with E-state index in [1.807, 2.05) is 61.5 Å². The van der Waals surface area contributed by atoms with Crippen LogP contribution in [0.3, 0.4) is 0 Å². The van der Waals surface area contributed by atoms with Crippen molar-refractivity contribution in [2.24, 2.45) is 41.4 Å². The van der Waals surface area contributed by atoms with Gasteiger partial charge in [-0.05, 0) is 101 Å². The summed E-state index contributed by atoms with van der Waals surface area (Å²) in [6.07, 6.45) is 3.04. The number of rotatable bonds is 15. The first-order chi connectivity index (χ1) is 39.2. The zero-order chi connectivity index (χ0) is 66.0. The summed E-state index contributed by atoms with van der Waals surface area (Å²) in [5, 5.41) is 23.1. The van der Waals surface area contributed by atoms with Crippen LogP contribution in [0.2, 0.25) is 0 Å². The summed E-state index contributed by atoms with van der Waals surface area (Å²) in [5.74, 6) is -9.71. The maximum absolute atomic E-state index is 15.1. The lowest BCUT2D eigenvalue weighted by molar-refractivity contribution is -0.157. The molecule has 0 aromatic heterocycles. The van der Waals surface area contributed by atoms with E-state index in [1.165, 1.54) is 87.7 Å². The Labute approximate surface area is 508 Å². The summed E-state index contributed by atoms with van der Waals surface area (Å²) in [4.78, 5) is 169. The molecule has 1 saturated heterocycles. The molecule has 0 spiro atoms. The number of aliphatic hydroxyl groups excluding tert-OH is 1. The van der Waals surface area contributed by atoms with E-state index >= 15 is 9.59 Å². The number of carbonyl (C=O) groups excluding carboxylic acids is 11. The first-order valence-corrected chi connectivity index (χ1v) is 30.6. The van der Waals surface area contributed by atoms with Gasteiger partial charge in [0.2, 0.25) is 65.0 Å². The van der Waals surface area contributed by atoms with Crippen molar-refractivity contribution in [3.8, 4) is 0 Å². The van der Waals surface area contributed by atoms with Crippen LogP contribution in [0, 0.1) is 41.4 Å². The average Bonchev–Trinajstić information content (AvgIpc) is 3.62. The Morgan fingerprint density at radius 3 is 1.32 bits per heavy atom. The Morgan fingerprint density at radius 2 is 0.871 bits per heavy atom. The molecular formula is C62H111N11O12. The van der Waals surface area contributed by atoms with Crippen molar-refractivity contribution < 1.29 is 57.8 Å². The molecule has 0 radical (unpaired) electrons. The number of amides is 11. The second-order valence-electron chi connectivity index (χ2n) is 26.1. The number of hydrogen-bond donors (Lipinski definition) is 5. The summed E-state index contributed by atoms with van der Waals surface area (Å²) in [6, 6.07) is -12.3. The van der Waals surface area contributed by atoms with Gasteiger partial charge in [0, 0.05) is 49.3 Å². The Bertz CT molecular complexity index is 2330. The number of likely N-dealkylation sites (N-methyl/N-ethyl adjacent to an activating group) is 7. The normalized spacial score (nSPS) is 26.9. The van der Waals surface area contributed by atoms with Gasteiger partial charge in [-0.1, -0.05) is 109 Å². The molecule has 486 valence electrons. The SMILES string of the molecule is CC=CC[C@@H](C)[C@@H](O)[C@H]1C(=O)N[C@@H](CC)C(=O)N(C)CC(=O)N(C)[C@@H](CC(C)C)C(=O)N[C@@H](C(C)C)C(=O)N(C)[C@H](CC(C)C)C(=O)N[C@@H](C)C(=O)N[C@H](C)C(=O)N(C)[C@@H](CC(C)C)C(=O)N(C)[C@@H](CC(C)C)C(=O)N(C)[C@@H](C(C)C)C(=O)N1C. The second kappa shape index (κ2) is 34.9. The van der Waals surface area contributed by atoms with Gasteiger partial charge in [-0.2, -0.15) is 0 Å². The van der Waals surface area contributed by atoms with E-state index in [1.54, 1.807) is 54.5 Å². The summed E-state index contributed by atoms with van der Waals surface area (Å²) >= 11 is 0. The number of hydrogen-bond acceptors (Lipinski definition) is 12. The lowest BCUT2D eigenvalue weighted by Crippen LogP contribution is -2.63. The highest BCUT2D eigenvalue weighted by molar-refractivity contribution is 5.99. The van der Waals surface area contributed by atoms with Crippen LogP contribution in [0.25, 0.3) is 0 Å². The van der Waals surface area contributed by atoms with Crippen LogP contribution in [0.15, 0.2) is 12.2 Å². The lowest BCUT2D eigenvalue weighted by atomic mass is 9.91. The molecule has 23 nitrogen and oxygen atoms in total. The number of allylic oxidation sites excluding steroid dienone is 2. The number of nitrogens with one attached hydrogen (secondary N) is 4. The van der Waals surface area contributed by atoms with Crippen molar-refractivity contribution in [3.05, 3.63) is 12.2 Å². The third kappa shape index (κ3) is 21.7. The number of nitrogens with zero attached hydrogens (tertiary/aromatic N) is 7. The summed E-state index contributed by atoms with van der Waals surface area (Å²) in [6.45, 7) is 29.3. The van der Waals surface area contributed by atoms with Gasteiger partial charge < -0.3 is 60.7 Å². The standard InChI is InChI=1S/C62H111N11O12/c1-25-27-28-40(15)52(75)51-56(79)65-43(26-2)58(81)67(18)33-48(74)68(19)44(29-34(3)4)55(78)66-49(38(11)12)61(84)69(20)45(30-35(5)6)54(77)63-41(16)53(76)64-42(17)57(80)70(21)46(31-36(7)8)59(82)71(22)47(32-37(9)10)60(83)72(23)50(39(13)14)62(85)73(51)24/h25,27,34-47,49-52,75H,26,28-33H2,1-24H3,(H,63,77)(H,64,76)(H,65,79)(H,66,78)/t40-,41+,42-,43+,44+,45-,46+,47+,49+,50+,51+,52-/m1/s1. The second-order valence-corrected chi connectivity index (χ2v) is 26.1. The van der Waals surface area contributed by atoms with Crippen LogP contribution in [0.1, 0.15) is 156 Å². The quantitative estimate of drug-likeness (QED) is 0.148. The van der Waals surface area contributed by atoms with E-state index in [9.17, 15) is 48.3 Å². The molecule has 1 rings (SSSR count). The minimum Gasteiger partial charge on any atom is -0.390 e. The molecule has 1 aliphatic heterocycles. The Morgan fingerprint density at radius 1 is 0.459 bits per heavy atom. The van der Waals surface area contributed by atoms with Crippen LogP contribution in [-0.2, 0) is 52.7 Å². The fourth-order valence-electron chi connectivity index (χ4n) is 10.7. The molecule has 1 fully saturated rings. The van der Waals surface area contributed by atoms with Gasteiger partial charge in [-0.15, -0.1) is 0 Å². The third-order valence-electron chi connectivity index (χ3n) is 16.1. The van der Waals surface area contributed by atoms with E-state index in [0.717, 1.165) is 9.80 Å². The van der Waals surface area contributed by atoms with Crippen molar-refractivity contribution in [1.29, 1.82) is 0 Å². The van der Waals surface area contributed by atoms with Gasteiger partial charge in [0.05, 0.1) is 12.6 Å². The summed E-state index contributed by atoms with van der Waals surface area (Å²) < 4.78 is 0. The van der Waals surface area contributed by atoms with Gasteiger partial charge in [-0.25, -0.2) is 0 Å². The van der Waals surface area contributed by atoms with Crippen LogP contribution in [-0.4, -0.2) is 227 Å². The summed E-state index contributed by atoms with van der Waals surface area (Å²) in [5.41, 5.74) is 0. The van der Waals surface area contributed by atoms with Crippen molar-refractivity contribution in [2.45, 2.75) is 223 Å². The monoisotopic (exact) mass is 1200 g/mol. The van der Waals surface area contributed by atoms with Crippen LogP contribution < -0.4 is 21.3 Å². The Hall–Kier alpha value is -6.13.